The number of carboxylic acids is 1. The van der Waals surface area contributed by atoms with E-state index in [1.807, 2.05) is 43.3 Å². The Morgan fingerprint density at radius 3 is 2.00 bits per heavy atom. The van der Waals surface area contributed by atoms with Crippen LogP contribution in [0.2, 0.25) is 0 Å². The maximum atomic E-state index is 11.1. The highest BCUT2D eigenvalue weighted by atomic mass is 16.4. The lowest BCUT2D eigenvalue weighted by Crippen LogP contribution is -2.43. The van der Waals surface area contributed by atoms with Gasteiger partial charge in [0, 0.05) is 0 Å². The molecule has 2 atom stereocenters. The second-order valence-electron chi connectivity index (χ2n) is 6.14. The Hall–Kier alpha value is -1.39. The van der Waals surface area contributed by atoms with E-state index in [0.717, 1.165) is 5.56 Å². The molecule has 19 heavy (non-hydrogen) atoms. The highest BCUT2D eigenvalue weighted by Crippen LogP contribution is 2.26. The van der Waals surface area contributed by atoms with E-state index in [2.05, 4.69) is 20.8 Å². The van der Waals surface area contributed by atoms with Crippen LogP contribution in [0.5, 0.6) is 0 Å². The molecule has 1 aromatic rings. The second-order valence-corrected chi connectivity index (χ2v) is 6.14. The van der Waals surface area contributed by atoms with Crippen LogP contribution in [0.15, 0.2) is 24.3 Å². The molecule has 0 bridgehead atoms. The van der Waals surface area contributed by atoms with Crippen molar-refractivity contribution in [3.05, 3.63) is 35.4 Å². The molecule has 0 aliphatic heterocycles. The molecule has 0 saturated carbocycles. The van der Waals surface area contributed by atoms with Crippen LogP contribution in [0.1, 0.15) is 37.9 Å². The third-order valence-electron chi connectivity index (χ3n) is 3.30. The Labute approximate surface area is 115 Å². The van der Waals surface area contributed by atoms with E-state index >= 15 is 0 Å². The molecule has 0 fully saturated rings. The summed E-state index contributed by atoms with van der Waals surface area (Å²) in [5.74, 6) is -0.987. The molecule has 106 valence electrons. The molecule has 1 rings (SSSR count). The molecule has 2 unspecified atom stereocenters. The molecule has 1 aromatic carbocycles. The quantitative estimate of drug-likeness (QED) is 0.873. The summed E-state index contributed by atoms with van der Waals surface area (Å²) in [5, 5.41) is 9.09. The number of hydrogen-bond donors (Lipinski definition) is 2. The molecule has 3 N–H and O–H groups in total. The predicted molar refractivity (Wildman–Crippen MR) is 77.2 cm³/mol. The summed E-state index contributed by atoms with van der Waals surface area (Å²) in [6.45, 7) is 6.44. The Balaban J connectivity index is 3.09. The van der Waals surface area contributed by atoms with Gasteiger partial charge in [0.15, 0.2) is 0 Å². The first kappa shape index (κ1) is 15.7. The van der Waals surface area contributed by atoms with E-state index in [1.54, 1.807) is 0 Å². The summed E-state index contributed by atoms with van der Waals surface area (Å²) in [6, 6.07) is 6.75. The average Bonchev–Trinajstić information content (AvgIpc) is 2.28. The van der Waals surface area contributed by atoms with Gasteiger partial charge in [0.05, 0.1) is 6.04 Å². The van der Waals surface area contributed by atoms with Crippen molar-refractivity contribution >= 4 is 5.97 Å². The lowest BCUT2D eigenvalue weighted by molar-refractivity contribution is -0.140. The van der Waals surface area contributed by atoms with Crippen molar-refractivity contribution in [2.24, 2.45) is 5.73 Å². The predicted octanol–water partition coefficient (Wildman–Crippen LogP) is 2.00. The second kappa shape index (κ2) is 5.72. The van der Waals surface area contributed by atoms with Crippen molar-refractivity contribution in [2.45, 2.75) is 38.3 Å². The zero-order valence-electron chi connectivity index (χ0n) is 12.3. The molecule has 0 aliphatic carbocycles. The summed E-state index contributed by atoms with van der Waals surface area (Å²) in [4.78, 5) is 12.9. The average molecular weight is 264 g/mol. The number of aliphatic carboxylic acids is 1. The van der Waals surface area contributed by atoms with Gasteiger partial charge in [-0.25, -0.2) is 0 Å². The summed E-state index contributed by atoms with van der Waals surface area (Å²) in [6.07, 6.45) is 0. The maximum absolute atomic E-state index is 11.1. The molecular weight excluding hydrogens is 240 g/mol. The lowest BCUT2D eigenvalue weighted by atomic mass is 9.85. The molecular formula is C15H24N2O2. The van der Waals surface area contributed by atoms with E-state index in [1.165, 1.54) is 5.56 Å². The molecule has 0 amide bonds. The zero-order chi connectivity index (χ0) is 14.8. The number of carboxylic acid groups (broad SMARTS) is 1. The smallest absolute Gasteiger partial charge is 0.322 e. The van der Waals surface area contributed by atoms with E-state index in [-0.39, 0.29) is 11.5 Å². The van der Waals surface area contributed by atoms with Crippen molar-refractivity contribution in [1.29, 1.82) is 0 Å². The summed E-state index contributed by atoms with van der Waals surface area (Å²) in [7, 11) is 3.68. The number of hydrogen-bond acceptors (Lipinski definition) is 3. The van der Waals surface area contributed by atoms with Gasteiger partial charge in [-0.05, 0) is 30.6 Å². The Bertz CT molecular complexity index is 432. The third-order valence-corrected chi connectivity index (χ3v) is 3.30. The molecule has 0 aliphatic rings. The van der Waals surface area contributed by atoms with Gasteiger partial charge in [-0.3, -0.25) is 4.79 Å². The van der Waals surface area contributed by atoms with E-state index < -0.39 is 12.0 Å². The van der Waals surface area contributed by atoms with Gasteiger partial charge >= 0.3 is 5.97 Å². The van der Waals surface area contributed by atoms with Gasteiger partial charge in [0.2, 0.25) is 0 Å². The first-order valence-corrected chi connectivity index (χ1v) is 6.40. The van der Waals surface area contributed by atoms with Gasteiger partial charge < -0.3 is 15.7 Å². The summed E-state index contributed by atoms with van der Waals surface area (Å²) in [5.41, 5.74) is 8.00. The molecule has 4 nitrogen and oxygen atoms in total. The summed E-state index contributed by atoms with van der Waals surface area (Å²) >= 11 is 0. The van der Waals surface area contributed by atoms with Crippen LogP contribution in [0.3, 0.4) is 0 Å². The van der Waals surface area contributed by atoms with E-state index in [9.17, 15) is 4.79 Å². The molecule has 0 aromatic heterocycles. The Morgan fingerprint density at radius 2 is 1.68 bits per heavy atom. The van der Waals surface area contributed by atoms with Crippen LogP contribution in [0, 0.1) is 0 Å². The molecule has 0 spiro atoms. The first-order chi connectivity index (χ1) is 8.64. The molecule has 0 saturated heterocycles. The van der Waals surface area contributed by atoms with Crippen LogP contribution in [-0.2, 0) is 10.2 Å². The number of benzene rings is 1. The van der Waals surface area contributed by atoms with Crippen LogP contribution >= 0.6 is 0 Å². The van der Waals surface area contributed by atoms with Gasteiger partial charge in [0.1, 0.15) is 6.04 Å². The standard InChI is InChI=1S/C15H24N2O2/c1-15(2,3)11-8-6-10(7-9-11)13(17(4)5)12(16)14(18)19/h6-9,12-13H,16H2,1-5H3,(H,18,19). The number of nitrogens with two attached hydrogens (primary N) is 1. The van der Waals surface area contributed by atoms with Crippen LogP contribution < -0.4 is 5.73 Å². The van der Waals surface area contributed by atoms with Crippen molar-refractivity contribution in [1.82, 2.24) is 4.90 Å². The highest BCUT2D eigenvalue weighted by Gasteiger charge is 2.27. The largest absolute Gasteiger partial charge is 0.480 e. The lowest BCUT2D eigenvalue weighted by Gasteiger charge is -2.28. The fraction of sp³-hybridized carbons (Fsp3) is 0.533. The van der Waals surface area contributed by atoms with Crippen molar-refractivity contribution in [3.63, 3.8) is 0 Å². The van der Waals surface area contributed by atoms with Crippen molar-refractivity contribution in [3.8, 4) is 0 Å². The molecule has 4 heteroatoms. The minimum atomic E-state index is -0.987. The maximum Gasteiger partial charge on any atom is 0.322 e. The van der Waals surface area contributed by atoms with Gasteiger partial charge in [-0.15, -0.1) is 0 Å². The van der Waals surface area contributed by atoms with Gasteiger partial charge in [-0.1, -0.05) is 45.0 Å². The van der Waals surface area contributed by atoms with Crippen LogP contribution in [0.4, 0.5) is 0 Å². The number of rotatable bonds is 4. The number of nitrogens with zero attached hydrogens (tertiary/aromatic N) is 1. The topological polar surface area (TPSA) is 66.6 Å². The van der Waals surface area contributed by atoms with Crippen molar-refractivity contribution < 1.29 is 9.90 Å². The Kier molecular flexibility index (Phi) is 4.71. The Morgan fingerprint density at radius 1 is 1.21 bits per heavy atom. The zero-order valence-corrected chi connectivity index (χ0v) is 12.3. The highest BCUT2D eigenvalue weighted by molar-refractivity contribution is 5.74. The number of likely N-dealkylation sites (N-methyl/N-ethyl adjacent to an activating group) is 1. The van der Waals surface area contributed by atoms with E-state index in [4.69, 9.17) is 10.8 Å². The summed E-state index contributed by atoms with van der Waals surface area (Å²) < 4.78 is 0. The van der Waals surface area contributed by atoms with Gasteiger partial charge in [0.25, 0.3) is 0 Å². The SMILES string of the molecule is CN(C)C(c1ccc(C(C)(C)C)cc1)C(N)C(=O)O. The minimum Gasteiger partial charge on any atom is -0.480 e. The monoisotopic (exact) mass is 264 g/mol. The van der Waals surface area contributed by atoms with E-state index in [0.29, 0.717) is 0 Å². The van der Waals surface area contributed by atoms with Gasteiger partial charge in [-0.2, -0.15) is 0 Å². The fourth-order valence-electron chi connectivity index (χ4n) is 2.14. The fourth-order valence-corrected chi connectivity index (χ4v) is 2.14. The first-order valence-electron chi connectivity index (χ1n) is 6.40. The third kappa shape index (κ3) is 3.78. The van der Waals surface area contributed by atoms with Crippen molar-refractivity contribution in [2.75, 3.05) is 14.1 Å². The normalized spacial score (nSPS) is 15.3. The molecule has 0 radical (unpaired) electrons. The minimum absolute atomic E-state index is 0.0844. The van der Waals surface area contributed by atoms with Crippen LogP contribution in [0.25, 0.3) is 0 Å². The van der Waals surface area contributed by atoms with Crippen LogP contribution in [-0.4, -0.2) is 36.1 Å². The number of carbonyl (C=O) groups is 1. The molecule has 0 heterocycles.